The Morgan fingerprint density at radius 3 is 2.58 bits per heavy atom. The maximum absolute atomic E-state index is 4.34. The molecule has 1 fully saturated rings. The van der Waals surface area contributed by atoms with Crippen LogP contribution in [0.3, 0.4) is 0 Å². The first kappa shape index (κ1) is 12.4. The smallest absolute Gasteiger partial charge is 0.130 e. The van der Waals surface area contributed by atoms with Gasteiger partial charge in [-0.05, 0) is 25.3 Å². The predicted octanol–water partition coefficient (Wildman–Crippen LogP) is 3.15. The van der Waals surface area contributed by atoms with E-state index in [9.17, 15) is 0 Å². The van der Waals surface area contributed by atoms with Gasteiger partial charge >= 0.3 is 0 Å². The predicted molar refractivity (Wildman–Crippen MR) is 76.2 cm³/mol. The molecule has 19 heavy (non-hydrogen) atoms. The standard InChI is InChI=1S/C15H20N4/c1-12-15(18-10-6-7-11-18)19(17-16-12)13(2)14-8-4-3-5-9-14/h3-5,8-9,12,15H,2,6-7,10-11H2,1H3. The van der Waals surface area contributed by atoms with Crippen molar-refractivity contribution >= 4 is 5.70 Å². The summed E-state index contributed by atoms with van der Waals surface area (Å²) in [5.41, 5.74) is 2.05. The van der Waals surface area contributed by atoms with E-state index in [0.717, 1.165) is 24.4 Å². The maximum Gasteiger partial charge on any atom is 0.130 e. The maximum atomic E-state index is 4.34. The molecule has 0 radical (unpaired) electrons. The van der Waals surface area contributed by atoms with E-state index >= 15 is 0 Å². The average molecular weight is 256 g/mol. The normalized spacial score (nSPS) is 27.1. The van der Waals surface area contributed by atoms with Crippen molar-refractivity contribution in [2.24, 2.45) is 10.3 Å². The van der Waals surface area contributed by atoms with Crippen LogP contribution in [0.15, 0.2) is 47.2 Å². The van der Waals surface area contributed by atoms with Crippen molar-refractivity contribution in [3.8, 4) is 0 Å². The van der Waals surface area contributed by atoms with Gasteiger partial charge < -0.3 is 0 Å². The second kappa shape index (κ2) is 5.13. The molecule has 2 atom stereocenters. The molecule has 2 aliphatic rings. The number of nitrogens with zero attached hydrogens (tertiary/aromatic N) is 4. The number of rotatable bonds is 3. The van der Waals surface area contributed by atoms with Crippen molar-refractivity contribution in [2.45, 2.75) is 32.0 Å². The highest BCUT2D eigenvalue weighted by molar-refractivity contribution is 5.61. The van der Waals surface area contributed by atoms with Gasteiger partial charge in [-0.3, -0.25) is 4.90 Å². The van der Waals surface area contributed by atoms with Crippen LogP contribution in [-0.4, -0.2) is 35.2 Å². The van der Waals surface area contributed by atoms with Crippen molar-refractivity contribution in [2.75, 3.05) is 13.1 Å². The summed E-state index contributed by atoms with van der Waals surface area (Å²) in [7, 11) is 0. The lowest BCUT2D eigenvalue weighted by molar-refractivity contribution is 0.120. The van der Waals surface area contributed by atoms with Crippen LogP contribution in [0.1, 0.15) is 25.3 Å². The molecule has 1 aromatic carbocycles. The molecule has 1 saturated heterocycles. The van der Waals surface area contributed by atoms with Gasteiger partial charge in [-0.2, -0.15) is 5.11 Å². The summed E-state index contributed by atoms with van der Waals surface area (Å²) in [5, 5.41) is 10.7. The molecular formula is C15H20N4. The van der Waals surface area contributed by atoms with Crippen LogP contribution in [0.25, 0.3) is 5.70 Å². The highest BCUT2D eigenvalue weighted by atomic mass is 15.7. The van der Waals surface area contributed by atoms with E-state index in [0.29, 0.717) is 0 Å². The molecule has 0 spiro atoms. The Hall–Kier alpha value is -1.68. The lowest BCUT2D eigenvalue weighted by atomic mass is 10.1. The van der Waals surface area contributed by atoms with Crippen molar-refractivity contribution in [1.29, 1.82) is 0 Å². The van der Waals surface area contributed by atoms with Crippen LogP contribution >= 0.6 is 0 Å². The van der Waals surface area contributed by atoms with E-state index in [-0.39, 0.29) is 12.2 Å². The van der Waals surface area contributed by atoms with Crippen LogP contribution in [-0.2, 0) is 0 Å². The van der Waals surface area contributed by atoms with Crippen LogP contribution in [0, 0.1) is 0 Å². The van der Waals surface area contributed by atoms with Gasteiger partial charge in [0.1, 0.15) is 12.2 Å². The summed E-state index contributed by atoms with van der Waals surface area (Å²) in [6.45, 7) is 8.61. The van der Waals surface area contributed by atoms with Crippen molar-refractivity contribution in [1.82, 2.24) is 9.91 Å². The summed E-state index contributed by atoms with van der Waals surface area (Å²) < 4.78 is 0. The average Bonchev–Trinajstić information content (AvgIpc) is 3.08. The molecule has 0 aliphatic carbocycles. The number of hydrogen-bond donors (Lipinski definition) is 0. The fourth-order valence-corrected chi connectivity index (χ4v) is 2.90. The largest absolute Gasteiger partial charge is 0.280 e. The third-order valence-corrected chi connectivity index (χ3v) is 3.91. The van der Waals surface area contributed by atoms with Gasteiger partial charge in [0.25, 0.3) is 0 Å². The van der Waals surface area contributed by atoms with Crippen LogP contribution in [0.5, 0.6) is 0 Å². The molecule has 0 saturated carbocycles. The minimum absolute atomic E-state index is 0.207. The highest BCUT2D eigenvalue weighted by Gasteiger charge is 2.37. The molecule has 2 heterocycles. The topological polar surface area (TPSA) is 31.2 Å². The third-order valence-electron chi connectivity index (χ3n) is 3.91. The van der Waals surface area contributed by atoms with E-state index in [4.69, 9.17) is 0 Å². The Labute approximate surface area is 114 Å². The van der Waals surface area contributed by atoms with Gasteiger partial charge in [0, 0.05) is 13.1 Å². The summed E-state index contributed by atoms with van der Waals surface area (Å²) in [5.74, 6) is 0. The first-order chi connectivity index (χ1) is 9.27. The summed E-state index contributed by atoms with van der Waals surface area (Å²) >= 11 is 0. The van der Waals surface area contributed by atoms with Gasteiger partial charge in [-0.25, -0.2) is 5.01 Å². The molecule has 4 heteroatoms. The molecule has 4 nitrogen and oxygen atoms in total. The van der Waals surface area contributed by atoms with Gasteiger partial charge in [0.15, 0.2) is 0 Å². The minimum Gasteiger partial charge on any atom is -0.280 e. The van der Waals surface area contributed by atoms with Crippen LogP contribution in [0.4, 0.5) is 0 Å². The highest BCUT2D eigenvalue weighted by Crippen LogP contribution is 2.31. The van der Waals surface area contributed by atoms with E-state index in [1.54, 1.807) is 0 Å². The molecule has 0 bridgehead atoms. The quantitative estimate of drug-likeness (QED) is 0.832. The zero-order valence-corrected chi connectivity index (χ0v) is 11.4. The van der Waals surface area contributed by atoms with E-state index < -0.39 is 0 Å². The second-order valence-corrected chi connectivity index (χ2v) is 5.26. The zero-order chi connectivity index (χ0) is 13.2. The van der Waals surface area contributed by atoms with E-state index in [1.807, 2.05) is 23.2 Å². The first-order valence-electron chi connectivity index (χ1n) is 6.96. The Kier molecular flexibility index (Phi) is 3.34. The summed E-state index contributed by atoms with van der Waals surface area (Å²) in [6, 6.07) is 10.4. The van der Waals surface area contributed by atoms with Gasteiger partial charge in [0.05, 0.1) is 5.70 Å². The monoisotopic (exact) mass is 256 g/mol. The molecule has 2 aliphatic heterocycles. The van der Waals surface area contributed by atoms with Crippen LogP contribution < -0.4 is 0 Å². The fraction of sp³-hybridized carbons (Fsp3) is 0.467. The van der Waals surface area contributed by atoms with Gasteiger partial charge in [0.2, 0.25) is 0 Å². The minimum atomic E-state index is 0.207. The SMILES string of the molecule is C=C(c1ccccc1)N1N=NC(C)C1N1CCCC1. The molecule has 3 rings (SSSR count). The van der Waals surface area contributed by atoms with E-state index in [1.165, 1.54) is 12.8 Å². The molecule has 0 N–H and O–H groups in total. The van der Waals surface area contributed by atoms with Crippen molar-refractivity contribution in [3.63, 3.8) is 0 Å². The van der Waals surface area contributed by atoms with E-state index in [2.05, 4.69) is 40.9 Å². The lowest BCUT2D eigenvalue weighted by Crippen LogP contribution is -2.46. The Balaban J connectivity index is 1.82. The Morgan fingerprint density at radius 1 is 1.21 bits per heavy atom. The summed E-state index contributed by atoms with van der Waals surface area (Å²) in [4.78, 5) is 2.47. The number of likely N-dealkylation sites (tertiary alicyclic amines) is 1. The molecule has 0 amide bonds. The van der Waals surface area contributed by atoms with Crippen molar-refractivity contribution in [3.05, 3.63) is 42.5 Å². The molecule has 2 unspecified atom stereocenters. The molecular weight excluding hydrogens is 236 g/mol. The molecule has 100 valence electrons. The Morgan fingerprint density at radius 2 is 1.89 bits per heavy atom. The molecule has 1 aromatic rings. The lowest BCUT2D eigenvalue weighted by Gasteiger charge is -2.33. The van der Waals surface area contributed by atoms with Crippen LogP contribution in [0.2, 0.25) is 0 Å². The van der Waals surface area contributed by atoms with Gasteiger partial charge in [-0.1, -0.05) is 42.1 Å². The zero-order valence-electron chi connectivity index (χ0n) is 11.4. The third kappa shape index (κ3) is 2.28. The van der Waals surface area contributed by atoms with Gasteiger partial charge in [-0.15, -0.1) is 0 Å². The number of hydrogen-bond acceptors (Lipinski definition) is 4. The first-order valence-corrected chi connectivity index (χ1v) is 6.96. The fourth-order valence-electron chi connectivity index (χ4n) is 2.90. The van der Waals surface area contributed by atoms with Crippen molar-refractivity contribution < 1.29 is 0 Å². The second-order valence-electron chi connectivity index (χ2n) is 5.26. The number of benzene rings is 1. The molecule has 0 aromatic heterocycles. The Bertz CT molecular complexity index is 476. The summed E-state index contributed by atoms with van der Waals surface area (Å²) in [6.07, 6.45) is 2.78.